The Morgan fingerprint density at radius 3 is 1.62 bits per heavy atom. The summed E-state index contributed by atoms with van der Waals surface area (Å²) in [7, 11) is -1.78. The second-order valence-corrected chi connectivity index (χ2v) is 24.7. The van der Waals surface area contributed by atoms with E-state index in [2.05, 4.69) is 75.9 Å². The van der Waals surface area contributed by atoms with Crippen LogP contribution in [0, 0.1) is 5.41 Å². The van der Waals surface area contributed by atoms with Gasteiger partial charge in [0.05, 0.1) is 42.2 Å². The number of benzene rings is 4. The van der Waals surface area contributed by atoms with Gasteiger partial charge in [0.1, 0.15) is 54.3 Å². The lowest BCUT2D eigenvalue weighted by atomic mass is 9.95. The molecule has 0 saturated carbocycles. The van der Waals surface area contributed by atoms with Crippen LogP contribution in [0.15, 0.2) is 126 Å². The van der Waals surface area contributed by atoms with Crippen LogP contribution in [0.5, 0.6) is 5.75 Å². The summed E-state index contributed by atoms with van der Waals surface area (Å²) in [4.78, 5) is 122. The predicted molar refractivity (Wildman–Crippen MR) is 382 cm³/mol. The van der Waals surface area contributed by atoms with Crippen molar-refractivity contribution in [1.82, 2.24) is 63.5 Å². The van der Waals surface area contributed by atoms with E-state index in [1.54, 1.807) is 26.0 Å². The number of thiocarbonyl (C=S) groups is 1. The molecule has 0 aliphatic heterocycles. The van der Waals surface area contributed by atoms with Gasteiger partial charge in [0.25, 0.3) is 5.91 Å². The maximum absolute atomic E-state index is 11.6. The first-order valence-corrected chi connectivity index (χ1v) is 33.2. The number of sulfone groups is 1. The van der Waals surface area contributed by atoms with Crippen LogP contribution in [0.3, 0.4) is 0 Å². The summed E-state index contributed by atoms with van der Waals surface area (Å²) < 4.78 is 32.4. The second-order valence-electron chi connectivity index (χ2n) is 21.4. The van der Waals surface area contributed by atoms with E-state index in [-0.39, 0.29) is 49.7 Å². The minimum absolute atomic E-state index is 0.103. The van der Waals surface area contributed by atoms with Crippen LogP contribution in [0.2, 0.25) is 0 Å². The van der Waals surface area contributed by atoms with Crippen LogP contribution < -0.4 is 80.5 Å². The highest BCUT2D eigenvalue weighted by molar-refractivity contribution is 7.90. The Balaban J connectivity index is 0. The molecule has 0 aliphatic carbocycles. The van der Waals surface area contributed by atoms with Crippen molar-refractivity contribution in [3.8, 4) is 5.75 Å². The van der Waals surface area contributed by atoms with Crippen molar-refractivity contribution in [3.05, 3.63) is 138 Å². The number of carboxylic acids is 2. The molecule has 4 aromatic rings. The quantitative estimate of drug-likeness (QED) is 0.00779. The molecular formula is C62H91Cl2N17O17S2. The molecule has 0 radical (unpaired) electrons. The van der Waals surface area contributed by atoms with Gasteiger partial charge in [0.15, 0.2) is 11.2 Å². The number of hydrazone groups is 1. The number of hydrogen-bond acceptors (Lipinski definition) is 19. The molecule has 0 spiro atoms. The summed E-state index contributed by atoms with van der Waals surface area (Å²) in [5.41, 5.74) is 20.3. The van der Waals surface area contributed by atoms with Crippen molar-refractivity contribution in [3.63, 3.8) is 0 Å². The van der Waals surface area contributed by atoms with E-state index in [9.17, 15) is 61.2 Å². The molecule has 4 aromatic carbocycles. The first kappa shape index (κ1) is 91.6. The van der Waals surface area contributed by atoms with Crippen molar-refractivity contribution < 1.29 is 80.8 Å². The van der Waals surface area contributed by atoms with Gasteiger partial charge in [0, 0.05) is 44.7 Å². The number of carbonyl (C=O) groups is 11. The minimum Gasteiger partial charge on any atom is -0.488 e. The molecule has 552 valence electrons. The van der Waals surface area contributed by atoms with Crippen LogP contribution in [0.4, 0.5) is 14.4 Å². The number of alkyl carbamates (subject to hydrolysis) is 1. The number of likely N-dealkylation sites (N-methyl/N-ethyl adjacent to an activating group) is 1. The number of amidine groups is 1. The van der Waals surface area contributed by atoms with Crippen LogP contribution in [0.25, 0.3) is 0 Å². The smallest absolute Gasteiger partial charge is 0.407 e. The fourth-order valence-electron chi connectivity index (χ4n) is 6.85. The zero-order chi connectivity index (χ0) is 76.1. The Morgan fingerprint density at radius 2 is 1.16 bits per heavy atom. The van der Waals surface area contributed by atoms with Crippen LogP contribution in [-0.2, 0) is 71.6 Å². The van der Waals surface area contributed by atoms with Crippen LogP contribution in [0.1, 0.15) is 51.3 Å². The number of amides is 11. The van der Waals surface area contributed by atoms with Crippen molar-refractivity contribution in [2.24, 2.45) is 22.3 Å². The number of alkyl halides is 2. The second kappa shape index (κ2) is 52.7. The number of hydrogen-bond donors (Lipinski definition) is 17. The van der Waals surface area contributed by atoms with Gasteiger partial charge in [-0.25, -0.2) is 22.8 Å². The number of urea groups is 2. The van der Waals surface area contributed by atoms with Gasteiger partial charge in [-0.05, 0) is 75.7 Å². The number of ether oxygens (including phenoxy) is 2. The Labute approximate surface area is 595 Å². The lowest BCUT2D eigenvalue weighted by Crippen LogP contribution is -2.52. The topological polar surface area (TPSA) is 531 Å². The highest BCUT2D eigenvalue weighted by atomic mass is 35.5. The Bertz CT molecular complexity index is 3330. The molecule has 0 aliphatic rings. The summed E-state index contributed by atoms with van der Waals surface area (Å²) in [6.45, 7) is 8.58. The molecular weight excluding hydrogens is 1390 g/mol. The average Bonchev–Trinajstić information content (AvgIpc) is 0.844. The number of nitrogens with two attached hydrogens (primary N) is 3. The fourth-order valence-corrected chi connectivity index (χ4v) is 8.46. The van der Waals surface area contributed by atoms with E-state index < -0.39 is 99.5 Å². The monoisotopic (exact) mass is 1480 g/mol. The molecule has 0 heterocycles. The van der Waals surface area contributed by atoms with Gasteiger partial charge in [-0.2, -0.15) is 5.10 Å². The van der Waals surface area contributed by atoms with E-state index >= 15 is 0 Å². The Kier molecular flexibility index (Phi) is 48.2. The average molecular weight is 1480 g/mol. The Hall–Kier alpha value is -10.4. The van der Waals surface area contributed by atoms with Gasteiger partial charge in [-0.1, -0.05) is 109 Å². The Morgan fingerprint density at radius 1 is 0.680 bits per heavy atom. The number of halogens is 2. The highest BCUT2D eigenvalue weighted by Crippen LogP contribution is 2.19. The third-order valence-electron chi connectivity index (χ3n) is 11.3. The molecule has 0 saturated heterocycles. The number of carbonyl (C=O) groups excluding carboxylic acids is 9. The van der Waals surface area contributed by atoms with E-state index in [0.29, 0.717) is 44.4 Å². The molecule has 1 unspecified atom stereocenters. The maximum Gasteiger partial charge on any atom is 0.407 e. The summed E-state index contributed by atoms with van der Waals surface area (Å²) in [5, 5.41) is 52.1. The lowest BCUT2D eigenvalue weighted by Gasteiger charge is -2.26. The summed E-state index contributed by atoms with van der Waals surface area (Å²) in [5.74, 6) is -3.97. The molecule has 0 fully saturated rings. The standard InChI is InChI=1S/C13H16N2O5.C12H17ClN2O.C11H14N4O2.C10H13N3OS.C8H17ClN2O3S.C8H14N4O5/c1-15(8-12(17)18)11(16)7-14-13(19)20-9-10-5-3-2-4-6-10;1-12(2,10-6-4-3-5-7-10)15-11(16)14-9-8-13;12-10(13)9(15-7-16)11(17)14-6-8-4-2-1-3-5-8;1-8(12-13-10(11)15)7-14-9-5-3-2-4-6-9;1-8(2,6-15(3,13)14)11-7(12)10-5-4-9;9-1-5(13)10-2-6(14)11-3-7(15)12-4-8(16)17/h2-6H,7-9H2,1H3,(H,14,19)(H,17,18);3-7H,8-9H2,1-2H3,(H2,14,15,16);1-5,7,9H,6H2,(H3,12,13)(H,14,17)(H,15,16);2-6H,7H2,1H3,(H3,11,13,15);4-6H2,1-3H3,(H2,10,11,12);1-4,9H2,(H,10,13)(H,11,14)(H,12,15)(H,16,17)/b;;;12-8-;;. The molecule has 4 rings (SSSR count). The molecule has 100 heavy (non-hydrogen) atoms. The molecule has 11 amide bonds. The molecule has 38 heteroatoms. The van der Waals surface area contributed by atoms with Crippen molar-refractivity contribution >= 4 is 128 Å². The van der Waals surface area contributed by atoms with Gasteiger partial charge in [-0.15, -0.1) is 23.2 Å². The number of rotatable bonds is 32. The third-order valence-corrected chi connectivity index (χ3v) is 13.0. The molecule has 0 bridgehead atoms. The molecule has 20 N–H and O–H groups in total. The lowest BCUT2D eigenvalue weighted by molar-refractivity contribution is -0.143. The normalized spacial score (nSPS) is 10.6. The predicted octanol–water partition coefficient (Wildman–Crippen LogP) is 0.269. The van der Waals surface area contributed by atoms with Crippen LogP contribution in [-0.4, -0.2) is 208 Å². The number of para-hydroxylation sites is 1. The zero-order valence-electron chi connectivity index (χ0n) is 56.3. The van der Waals surface area contributed by atoms with Gasteiger partial charge in [0.2, 0.25) is 30.0 Å². The number of carboxylic acid groups (broad SMARTS) is 2. The molecule has 34 nitrogen and oxygen atoms in total. The van der Waals surface area contributed by atoms with E-state index in [0.717, 1.165) is 39.3 Å². The highest BCUT2D eigenvalue weighted by Gasteiger charge is 2.26. The van der Waals surface area contributed by atoms with E-state index in [1.165, 1.54) is 7.05 Å². The fraction of sp³-hybridized carbons (Fsp3) is 0.387. The summed E-state index contributed by atoms with van der Waals surface area (Å²) >= 11 is 15.5. The van der Waals surface area contributed by atoms with E-state index in [4.69, 9.17) is 65.5 Å². The molecule has 0 aromatic heterocycles. The van der Waals surface area contributed by atoms with Crippen LogP contribution >= 0.6 is 35.4 Å². The first-order valence-electron chi connectivity index (χ1n) is 29.7. The number of nitrogens with one attached hydrogen (secondary N) is 12. The zero-order valence-corrected chi connectivity index (χ0v) is 59.5. The molecule has 1 atom stereocenters. The minimum atomic E-state index is -3.12. The number of nitrogens with zero attached hydrogens (tertiary/aromatic N) is 2. The largest absolute Gasteiger partial charge is 0.488 e. The van der Waals surface area contributed by atoms with Crippen molar-refractivity contribution in [1.29, 1.82) is 5.41 Å². The van der Waals surface area contributed by atoms with E-state index in [1.807, 2.05) is 130 Å². The maximum atomic E-state index is 11.6. The SMILES string of the molecule is C/C(COc1ccccc1)=N/NC(N)=S.CC(C)(CS(C)(=O)=O)NC(=O)NCCCl.CC(C)(NC(=O)NCCCl)c1ccccc1.CN(CC(=O)O)C(=O)CNC(=O)OCc1ccccc1.N=C(N)C(NC=O)C(=O)NCc1ccccc1.NCC(=O)NCC(=O)NCC(=O)NCC(=O)O. The van der Waals surface area contributed by atoms with Crippen molar-refractivity contribution in [2.45, 2.75) is 64.9 Å². The number of aliphatic carboxylic acids is 2. The van der Waals surface area contributed by atoms with Gasteiger partial charge in [-0.3, -0.25) is 49.2 Å². The summed E-state index contributed by atoms with van der Waals surface area (Å²) in [6, 6.07) is 36.0. The summed E-state index contributed by atoms with van der Waals surface area (Å²) in [6.07, 6.45) is 0.743. The third kappa shape index (κ3) is 51.8. The van der Waals surface area contributed by atoms with Gasteiger partial charge < -0.3 is 95.0 Å². The van der Waals surface area contributed by atoms with Gasteiger partial charge >= 0.3 is 30.1 Å². The first-order chi connectivity index (χ1) is 47.0. The van der Waals surface area contributed by atoms with Crippen molar-refractivity contribution in [2.75, 3.05) is 89.8 Å².